The first kappa shape index (κ1) is 19.1. The second-order valence-corrected chi connectivity index (χ2v) is 5.67. The predicted molar refractivity (Wildman–Crippen MR) is 101 cm³/mol. The molecular weight excluding hydrogens is 368 g/mol. The number of hydrogen-bond acceptors (Lipinski definition) is 5. The second-order valence-electron chi connectivity index (χ2n) is 5.67. The summed E-state index contributed by atoms with van der Waals surface area (Å²) in [6.07, 6.45) is 1.40. The summed E-state index contributed by atoms with van der Waals surface area (Å²) in [4.78, 5) is 16.3. The van der Waals surface area contributed by atoms with Crippen molar-refractivity contribution in [2.24, 2.45) is 0 Å². The van der Waals surface area contributed by atoms with Crippen LogP contribution in [0.5, 0.6) is 11.5 Å². The Hall–Kier alpha value is -3.68. The topological polar surface area (TPSA) is 72.5 Å². The van der Waals surface area contributed by atoms with E-state index in [0.29, 0.717) is 22.9 Å². The maximum Gasteiger partial charge on any atom is 0.274 e. The van der Waals surface area contributed by atoms with E-state index in [1.165, 1.54) is 25.4 Å². The van der Waals surface area contributed by atoms with Gasteiger partial charge in [0.2, 0.25) is 0 Å². The first-order valence-corrected chi connectivity index (χ1v) is 8.22. The SMILES string of the molecule is COc1ccc(OC)c(Nc2ccnc(C(=O)Nc3c(F)cccc3F)c2)c1. The van der Waals surface area contributed by atoms with Crippen LogP contribution < -0.4 is 20.1 Å². The first-order valence-electron chi connectivity index (χ1n) is 8.22. The van der Waals surface area contributed by atoms with Crippen LogP contribution in [0.4, 0.5) is 25.8 Å². The van der Waals surface area contributed by atoms with E-state index in [0.717, 1.165) is 12.1 Å². The molecule has 1 aromatic heterocycles. The van der Waals surface area contributed by atoms with Gasteiger partial charge in [0.15, 0.2) is 0 Å². The van der Waals surface area contributed by atoms with Gasteiger partial charge in [-0.2, -0.15) is 0 Å². The number of ether oxygens (including phenoxy) is 2. The van der Waals surface area contributed by atoms with Crippen molar-refractivity contribution in [3.05, 3.63) is 72.1 Å². The molecule has 0 radical (unpaired) electrons. The summed E-state index contributed by atoms with van der Waals surface area (Å²) in [5, 5.41) is 5.31. The molecule has 1 amide bonds. The van der Waals surface area contributed by atoms with E-state index in [-0.39, 0.29) is 5.69 Å². The highest BCUT2D eigenvalue weighted by Gasteiger charge is 2.15. The zero-order valence-corrected chi connectivity index (χ0v) is 15.1. The van der Waals surface area contributed by atoms with Crippen LogP contribution in [0.15, 0.2) is 54.7 Å². The van der Waals surface area contributed by atoms with Crippen molar-refractivity contribution in [2.45, 2.75) is 0 Å². The number of rotatable bonds is 6. The number of benzene rings is 2. The Morgan fingerprint density at radius 2 is 1.75 bits per heavy atom. The lowest BCUT2D eigenvalue weighted by molar-refractivity contribution is 0.102. The van der Waals surface area contributed by atoms with Gasteiger partial charge in [-0.05, 0) is 36.4 Å². The van der Waals surface area contributed by atoms with E-state index >= 15 is 0 Å². The molecule has 3 rings (SSSR count). The molecule has 0 saturated heterocycles. The molecule has 2 N–H and O–H groups in total. The number of carbonyl (C=O) groups is 1. The molecule has 3 aromatic rings. The van der Waals surface area contributed by atoms with Crippen LogP contribution in [0.1, 0.15) is 10.5 Å². The van der Waals surface area contributed by atoms with Gasteiger partial charge in [-0.25, -0.2) is 8.78 Å². The summed E-state index contributed by atoms with van der Waals surface area (Å²) < 4.78 is 38.0. The number of nitrogens with one attached hydrogen (secondary N) is 2. The minimum Gasteiger partial charge on any atom is -0.497 e. The van der Waals surface area contributed by atoms with Crippen LogP contribution in [-0.2, 0) is 0 Å². The molecule has 0 atom stereocenters. The van der Waals surface area contributed by atoms with Crippen molar-refractivity contribution < 1.29 is 23.0 Å². The largest absolute Gasteiger partial charge is 0.497 e. The summed E-state index contributed by atoms with van der Waals surface area (Å²) in [6, 6.07) is 11.6. The highest BCUT2D eigenvalue weighted by molar-refractivity contribution is 6.03. The standard InChI is InChI=1S/C20H17F2N3O3/c1-27-13-6-7-18(28-2)16(11-13)24-12-8-9-23-17(10-12)20(26)25-19-14(21)4-3-5-15(19)22/h3-11H,1-2H3,(H,23,24)(H,25,26). The molecule has 28 heavy (non-hydrogen) atoms. The van der Waals surface area contributed by atoms with Gasteiger partial charge < -0.3 is 20.1 Å². The van der Waals surface area contributed by atoms with Gasteiger partial charge in [0.25, 0.3) is 5.91 Å². The molecule has 0 aliphatic rings. The molecule has 0 fully saturated rings. The Balaban J connectivity index is 1.84. The molecule has 2 aromatic carbocycles. The molecular formula is C20H17F2N3O3. The van der Waals surface area contributed by atoms with Crippen LogP contribution in [0, 0.1) is 11.6 Å². The van der Waals surface area contributed by atoms with E-state index in [1.54, 1.807) is 31.4 Å². The van der Waals surface area contributed by atoms with Crippen molar-refractivity contribution >= 4 is 23.0 Å². The number of pyridine rings is 1. The fourth-order valence-corrected chi connectivity index (χ4v) is 2.49. The van der Waals surface area contributed by atoms with E-state index in [4.69, 9.17) is 9.47 Å². The molecule has 0 aliphatic carbocycles. The monoisotopic (exact) mass is 385 g/mol. The summed E-state index contributed by atoms with van der Waals surface area (Å²) in [6.45, 7) is 0. The number of anilines is 3. The Labute approximate surface area is 160 Å². The summed E-state index contributed by atoms with van der Waals surface area (Å²) in [7, 11) is 3.07. The third-order valence-corrected chi connectivity index (χ3v) is 3.88. The minimum atomic E-state index is -0.872. The number of nitrogens with zero attached hydrogens (tertiary/aromatic N) is 1. The lowest BCUT2D eigenvalue weighted by Gasteiger charge is -2.13. The highest BCUT2D eigenvalue weighted by atomic mass is 19.1. The second kappa shape index (κ2) is 8.34. The average molecular weight is 385 g/mol. The lowest BCUT2D eigenvalue weighted by Crippen LogP contribution is -2.16. The van der Waals surface area contributed by atoms with Crippen molar-refractivity contribution in [3.63, 3.8) is 0 Å². The van der Waals surface area contributed by atoms with Crippen molar-refractivity contribution in [1.82, 2.24) is 4.98 Å². The van der Waals surface area contributed by atoms with E-state index < -0.39 is 23.2 Å². The highest BCUT2D eigenvalue weighted by Crippen LogP contribution is 2.31. The van der Waals surface area contributed by atoms with Crippen LogP contribution in [0.25, 0.3) is 0 Å². The normalized spacial score (nSPS) is 10.3. The lowest BCUT2D eigenvalue weighted by atomic mass is 10.2. The fraction of sp³-hybridized carbons (Fsp3) is 0.100. The molecule has 144 valence electrons. The predicted octanol–water partition coefficient (Wildman–Crippen LogP) is 4.37. The first-order chi connectivity index (χ1) is 13.5. The van der Waals surface area contributed by atoms with Crippen molar-refractivity contribution in [1.29, 1.82) is 0 Å². The summed E-state index contributed by atoms with van der Waals surface area (Å²) in [5.41, 5.74) is 0.594. The number of para-hydroxylation sites is 1. The molecule has 0 unspecified atom stereocenters. The van der Waals surface area contributed by atoms with E-state index in [1.807, 2.05) is 0 Å². The number of carbonyl (C=O) groups excluding carboxylic acids is 1. The van der Waals surface area contributed by atoms with Gasteiger partial charge >= 0.3 is 0 Å². The Morgan fingerprint density at radius 3 is 2.43 bits per heavy atom. The number of methoxy groups -OCH3 is 2. The Bertz CT molecular complexity index is 991. The maximum atomic E-state index is 13.7. The number of halogens is 2. The van der Waals surface area contributed by atoms with Crippen LogP contribution in [0.2, 0.25) is 0 Å². The number of hydrogen-bond donors (Lipinski definition) is 2. The minimum absolute atomic E-state index is 0.0190. The zero-order valence-electron chi connectivity index (χ0n) is 15.1. The third-order valence-electron chi connectivity index (χ3n) is 3.88. The van der Waals surface area contributed by atoms with Crippen LogP contribution >= 0.6 is 0 Å². The molecule has 1 heterocycles. The van der Waals surface area contributed by atoms with Gasteiger partial charge in [0, 0.05) is 18.0 Å². The van der Waals surface area contributed by atoms with Gasteiger partial charge in [-0.15, -0.1) is 0 Å². The zero-order chi connectivity index (χ0) is 20.1. The fourth-order valence-electron chi connectivity index (χ4n) is 2.49. The summed E-state index contributed by atoms with van der Waals surface area (Å²) >= 11 is 0. The van der Waals surface area contributed by atoms with Gasteiger partial charge in [0.1, 0.15) is 34.5 Å². The van der Waals surface area contributed by atoms with E-state index in [2.05, 4.69) is 15.6 Å². The molecule has 8 heteroatoms. The maximum absolute atomic E-state index is 13.7. The van der Waals surface area contributed by atoms with Crippen LogP contribution in [0.3, 0.4) is 0 Å². The van der Waals surface area contributed by atoms with Crippen molar-refractivity contribution in [3.8, 4) is 11.5 Å². The molecule has 0 saturated carbocycles. The van der Waals surface area contributed by atoms with Crippen molar-refractivity contribution in [2.75, 3.05) is 24.9 Å². The Kier molecular flexibility index (Phi) is 5.69. The average Bonchev–Trinajstić information content (AvgIpc) is 2.71. The number of amides is 1. The quantitative estimate of drug-likeness (QED) is 0.659. The molecule has 6 nitrogen and oxygen atoms in total. The molecule has 0 spiro atoms. The van der Waals surface area contributed by atoms with Crippen LogP contribution in [-0.4, -0.2) is 25.1 Å². The Morgan fingerprint density at radius 1 is 1.00 bits per heavy atom. The smallest absolute Gasteiger partial charge is 0.274 e. The third kappa shape index (κ3) is 4.17. The molecule has 0 aliphatic heterocycles. The van der Waals surface area contributed by atoms with Gasteiger partial charge in [0.05, 0.1) is 19.9 Å². The van der Waals surface area contributed by atoms with Gasteiger partial charge in [-0.3, -0.25) is 9.78 Å². The van der Waals surface area contributed by atoms with Gasteiger partial charge in [-0.1, -0.05) is 6.07 Å². The number of aromatic nitrogens is 1. The summed E-state index contributed by atoms with van der Waals surface area (Å²) in [5.74, 6) is -1.31. The molecule has 0 bridgehead atoms. The van der Waals surface area contributed by atoms with E-state index in [9.17, 15) is 13.6 Å².